The molecule has 0 saturated heterocycles. The van der Waals surface area contributed by atoms with Crippen LogP contribution < -0.4 is 10.6 Å². The fourth-order valence-electron chi connectivity index (χ4n) is 2.27. The third kappa shape index (κ3) is 4.99. The van der Waals surface area contributed by atoms with E-state index in [1.54, 1.807) is 11.3 Å². The Morgan fingerprint density at radius 2 is 2.00 bits per heavy atom. The van der Waals surface area contributed by atoms with Crippen LogP contribution in [0.2, 0.25) is 0 Å². The van der Waals surface area contributed by atoms with E-state index in [0.29, 0.717) is 6.04 Å². The highest BCUT2D eigenvalue weighted by atomic mass is 32.1. The largest absolute Gasteiger partial charge is 0.326 e. The molecule has 1 aromatic carbocycles. The lowest BCUT2D eigenvalue weighted by atomic mass is 10.1. The normalized spacial score (nSPS) is 12.1. The Bertz CT molecular complexity index is 549. The van der Waals surface area contributed by atoms with Gasteiger partial charge in [0.15, 0.2) is 0 Å². The first-order valence-electron chi connectivity index (χ1n) is 7.32. The maximum atomic E-state index is 11.0. The first kappa shape index (κ1) is 15.7. The summed E-state index contributed by atoms with van der Waals surface area (Å²) in [4.78, 5) is 12.4. The van der Waals surface area contributed by atoms with Gasteiger partial charge in [-0.05, 0) is 35.6 Å². The van der Waals surface area contributed by atoms with Crippen LogP contribution in [0.15, 0.2) is 41.8 Å². The molecule has 21 heavy (non-hydrogen) atoms. The van der Waals surface area contributed by atoms with Crippen molar-refractivity contribution in [2.45, 2.75) is 39.3 Å². The number of rotatable bonds is 7. The molecule has 1 heterocycles. The zero-order valence-electron chi connectivity index (χ0n) is 12.6. The summed E-state index contributed by atoms with van der Waals surface area (Å²) in [5.41, 5.74) is 2.07. The number of thiophene rings is 1. The highest BCUT2D eigenvalue weighted by Gasteiger charge is 2.10. The number of carbonyl (C=O) groups is 1. The van der Waals surface area contributed by atoms with Crippen molar-refractivity contribution in [3.8, 4) is 0 Å². The predicted molar refractivity (Wildman–Crippen MR) is 89.6 cm³/mol. The van der Waals surface area contributed by atoms with E-state index in [2.05, 4.69) is 47.2 Å². The average Bonchev–Trinajstić information content (AvgIpc) is 2.98. The molecule has 0 spiro atoms. The molecule has 112 valence electrons. The topological polar surface area (TPSA) is 41.1 Å². The van der Waals surface area contributed by atoms with Crippen molar-refractivity contribution in [3.05, 3.63) is 52.2 Å². The monoisotopic (exact) mass is 302 g/mol. The number of benzene rings is 1. The molecule has 1 amide bonds. The minimum Gasteiger partial charge on any atom is -0.326 e. The van der Waals surface area contributed by atoms with E-state index in [-0.39, 0.29) is 5.91 Å². The van der Waals surface area contributed by atoms with Crippen LogP contribution in [0.5, 0.6) is 0 Å². The maximum absolute atomic E-state index is 11.0. The van der Waals surface area contributed by atoms with Crippen molar-refractivity contribution >= 4 is 22.9 Å². The molecule has 0 aliphatic carbocycles. The second kappa shape index (κ2) is 7.96. The second-order valence-electron chi connectivity index (χ2n) is 5.12. The van der Waals surface area contributed by atoms with E-state index >= 15 is 0 Å². The number of nitrogens with one attached hydrogen (secondary N) is 2. The summed E-state index contributed by atoms with van der Waals surface area (Å²) in [7, 11) is 0. The Kier molecular flexibility index (Phi) is 5.96. The van der Waals surface area contributed by atoms with Gasteiger partial charge >= 0.3 is 0 Å². The lowest BCUT2D eigenvalue weighted by molar-refractivity contribution is -0.114. The van der Waals surface area contributed by atoms with Crippen molar-refractivity contribution < 1.29 is 4.79 Å². The Balaban J connectivity index is 1.93. The van der Waals surface area contributed by atoms with E-state index in [1.807, 2.05) is 12.1 Å². The van der Waals surface area contributed by atoms with Crippen molar-refractivity contribution in [3.63, 3.8) is 0 Å². The summed E-state index contributed by atoms with van der Waals surface area (Å²) in [5.74, 6) is -0.0402. The molecule has 2 rings (SSSR count). The molecular weight excluding hydrogens is 280 g/mol. The predicted octanol–water partition coefficient (Wildman–Crippen LogP) is 4.34. The van der Waals surface area contributed by atoms with Crippen molar-refractivity contribution in [2.75, 3.05) is 5.32 Å². The highest BCUT2D eigenvalue weighted by Crippen LogP contribution is 2.23. The van der Waals surface area contributed by atoms with Crippen molar-refractivity contribution in [1.82, 2.24) is 5.32 Å². The highest BCUT2D eigenvalue weighted by molar-refractivity contribution is 7.10. The molecule has 0 aliphatic heterocycles. The van der Waals surface area contributed by atoms with Gasteiger partial charge in [0.05, 0.1) is 0 Å². The molecule has 1 atom stereocenters. The molecule has 0 bridgehead atoms. The molecule has 0 saturated carbocycles. The van der Waals surface area contributed by atoms with E-state index < -0.39 is 0 Å². The van der Waals surface area contributed by atoms with Crippen molar-refractivity contribution in [2.24, 2.45) is 0 Å². The first-order chi connectivity index (χ1) is 10.2. The molecule has 0 fully saturated rings. The van der Waals surface area contributed by atoms with Gasteiger partial charge in [0.2, 0.25) is 5.91 Å². The third-order valence-electron chi connectivity index (χ3n) is 3.29. The number of amides is 1. The van der Waals surface area contributed by atoms with Gasteiger partial charge in [-0.2, -0.15) is 0 Å². The van der Waals surface area contributed by atoms with Gasteiger partial charge in [-0.3, -0.25) is 4.79 Å². The molecule has 1 aromatic heterocycles. The molecule has 0 aliphatic rings. The summed E-state index contributed by atoms with van der Waals surface area (Å²) < 4.78 is 0. The Hall–Kier alpha value is -1.65. The van der Waals surface area contributed by atoms with Crippen LogP contribution in [0.1, 0.15) is 43.2 Å². The Morgan fingerprint density at radius 3 is 2.57 bits per heavy atom. The molecule has 1 unspecified atom stereocenters. The number of hydrogen-bond acceptors (Lipinski definition) is 3. The summed E-state index contributed by atoms with van der Waals surface area (Å²) in [6.45, 7) is 4.57. The van der Waals surface area contributed by atoms with E-state index in [9.17, 15) is 4.79 Å². The van der Waals surface area contributed by atoms with Crippen LogP contribution in [0.25, 0.3) is 0 Å². The fourth-order valence-corrected chi connectivity index (χ4v) is 3.11. The quantitative estimate of drug-likeness (QED) is 0.799. The summed E-state index contributed by atoms with van der Waals surface area (Å²) in [6.07, 6.45) is 2.31. The standard InChI is InChI=1S/C17H22N2OS/c1-3-5-16(17-6-4-11-21-17)18-12-14-7-9-15(10-8-14)19-13(2)20/h4,6-11,16,18H,3,5,12H2,1-2H3,(H,19,20). The van der Waals surface area contributed by atoms with Crippen LogP contribution in [0.4, 0.5) is 5.69 Å². The average molecular weight is 302 g/mol. The van der Waals surface area contributed by atoms with Gasteiger partial charge in [0.25, 0.3) is 0 Å². The van der Waals surface area contributed by atoms with Crippen LogP contribution >= 0.6 is 11.3 Å². The van der Waals surface area contributed by atoms with E-state index in [4.69, 9.17) is 0 Å². The minimum absolute atomic E-state index is 0.0402. The van der Waals surface area contributed by atoms with Gasteiger partial charge in [-0.25, -0.2) is 0 Å². The lowest BCUT2D eigenvalue weighted by Crippen LogP contribution is -2.20. The van der Waals surface area contributed by atoms with Crippen molar-refractivity contribution in [1.29, 1.82) is 0 Å². The van der Waals surface area contributed by atoms with Crippen LogP contribution in [-0.4, -0.2) is 5.91 Å². The summed E-state index contributed by atoms with van der Waals surface area (Å²) in [5, 5.41) is 8.53. The van der Waals surface area contributed by atoms with Gasteiger partial charge in [0, 0.05) is 30.1 Å². The number of carbonyl (C=O) groups excluding carboxylic acids is 1. The first-order valence-corrected chi connectivity index (χ1v) is 8.20. The van der Waals surface area contributed by atoms with E-state index in [0.717, 1.165) is 25.1 Å². The Labute approximate surface area is 130 Å². The minimum atomic E-state index is -0.0402. The molecule has 2 aromatic rings. The summed E-state index contributed by atoms with van der Waals surface area (Å²) >= 11 is 1.81. The second-order valence-corrected chi connectivity index (χ2v) is 6.09. The molecular formula is C17H22N2OS. The van der Waals surface area contributed by atoms with Gasteiger partial charge in [0.1, 0.15) is 0 Å². The Morgan fingerprint density at radius 1 is 1.24 bits per heavy atom. The molecule has 3 nitrogen and oxygen atoms in total. The lowest BCUT2D eigenvalue weighted by Gasteiger charge is -2.17. The smallest absolute Gasteiger partial charge is 0.221 e. The van der Waals surface area contributed by atoms with Gasteiger partial charge < -0.3 is 10.6 Å². The molecule has 4 heteroatoms. The zero-order chi connectivity index (χ0) is 15.1. The van der Waals surface area contributed by atoms with Crippen LogP contribution in [0.3, 0.4) is 0 Å². The maximum Gasteiger partial charge on any atom is 0.221 e. The SMILES string of the molecule is CCCC(NCc1ccc(NC(C)=O)cc1)c1cccs1. The van der Waals surface area contributed by atoms with Gasteiger partial charge in [-0.1, -0.05) is 31.5 Å². The molecule has 2 N–H and O–H groups in total. The number of anilines is 1. The van der Waals surface area contributed by atoms with Crippen LogP contribution in [-0.2, 0) is 11.3 Å². The fraction of sp³-hybridized carbons (Fsp3) is 0.353. The van der Waals surface area contributed by atoms with E-state index in [1.165, 1.54) is 17.4 Å². The number of hydrogen-bond donors (Lipinski definition) is 2. The van der Waals surface area contributed by atoms with Crippen LogP contribution in [0, 0.1) is 0 Å². The third-order valence-corrected chi connectivity index (χ3v) is 4.28. The van der Waals surface area contributed by atoms with Gasteiger partial charge in [-0.15, -0.1) is 11.3 Å². The zero-order valence-corrected chi connectivity index (χ0v) is 13.4. The molecule has 0 radical (unpaired) electrons. The summed E-state index contributed by atoms with van der Waals surface area (Å²) in [6, 6.07) is 12.7.